The largest absolute Gasteiger partial charge is 0.462 e. The molecule has 2 amide bonds. The Hall–Kier alpha value is -2.21. The van der Waals surface area contributed by atoms with Gasteiger partial charge in [-0.2, -0.15) is 0 Å². The van der Waals surface area contributed by atoms with Crippen LogP contribution in [0.1, 0.15) is 36.5 Å². The number of benzene rings is 1. The van der Waals surface area contributed by atoms with Crippen molar-refractivity contribution < 1.29 is 24.4 Å². The fourth-order valence-electron chi connectivity index (χ4n) is 2.66. The van der Waals surface area contributed by atoms with E-state index in [4.69, 9.17) is 4.74 Å². The topological polar surface area (TPSA) is 80.3 Å². The van der Waals surface area contributed by atoms with Crippen LogP contribution < -0.4 is 10.2 Å². The maximum atomic E-state index is 12.4. The molecular formula is C16H19N2O4+. The second kappa shape index (κ2) is 5.88. The molecule has 1 atom stereocenters. The molecule has 1 aromatic rings. The van der Waals surface area contributed by atoms with Crippen molar-refractivity contribution in [3.8, 4) is 0 Å². The van der Waals surface area contributed by atoms with Crippen molar-refractivity contribution in [2.45, 2.75) is 38.3 Å². The van der Waals surface area contributed by atoms with Crippen LogP contribution in [0.25, 0.3) is 0 Å². The molecule has 2 fully saturated rings. The van der Waals surface area contributed by atoms with Gasteiger partial charge in [-0.1, -0.05) is 0 Å². The number of hydrogen-bond acceptors (Lipinski definition) is 4. The molecular weight excluding hydrogens is 284 g/mol. The lowest BCUT2D eigenvalue weighted by molar-refractivity contribution is -0.687. The molecule has 2 aliphatic rings. The molecule has 0 bridgehead atoms. The van der Waals surface area contributed by atoms with Gasteiger partial charge < -0.3 is 10.1 Å². The summed E-state index contributed by atoms with van der Waals surface area (Å²) in [6.07, 6.45) is 2.48. The summed E-state index contributed by atoms with van der Waals surface area (Å²) in [7, 11) is 0. The Morgan fingerprint density at radius 3 is 2.55 bits per heavy atom. The van der Waals surface area contributed by atoms with Gasteiger partial charge in [0.1, 0.15) is 0 Å². The van der Waals surface area contributed by atoms with E-state index in [1.54, 1.807) is 31.2 Å². The number of carbonyl (C=O) groups excluding carboxylic acids is 3. The van der Waals surface area contributed by atoms with Crippen LogP contribution in [-0.2, 0) is 14.3 Å². The van der Waals surface area contributed by atoms with E-state index >= 15 is 0 Å². The van der Waals surface area contributed by atoms with Crippen LogP contribution in [0.15, 0.2) is 24.3 Å². The fourth-order valence-corrected chi connectivity index (χ4v) is 2.66. The van der Waals surface area contributed by atoms with Crippen molar-refractivity contribution in [3.05, 3.63) is 29.8 Å². The van der Waals surface area contributed by atoms with Gasteiger partial charge in [-0.05, 0) is 31.2 Å². The van der Waals surface area contributed by atoms with Gasteiger partial charge in [-0.3, -0.25) is 9.59 Å². The minimum absolute atomic E-state index is 0.166. The highest BCUT2D eigenvalue weighted by Crippen LogP contribution is 2.23. The molecule has 22 heavy (non-hydrogen) atoms. The molecule has 0 spiro atoms. The predicted octanol–water partition coefficient (Wildman–Crippen LogP) is 0.221. The summed E-state index contributed by atoms with van der Waals surface area (Å²) < 4.78 is 4.91. The van der Waals surface area contributed by atoms with Crippen LogP contribution in [0.5, 0.6) is 0 Å². The third kappa shape index (κ3) is 2.87. The fraction of sp³-hybridized carbons (Fsp3) is 0.438. The van der Waals surface area contributed by atoms with Crippen molar-refractivity contribution >= 4 is 23.5 Å². The van der Waals surface area contributed by atoms with Crippen molar-refractivity contribution in [2.24, 2.45) is 0 Å². The molecule has 1 unspecified atom stereocenters. The summed E-state index contributed by atoms with van der Waals surface area (Å²) in [6, 6.07) is 6.57. The molecule has 1 aromatic carbocycles. The number of esters is 1. The van der Waals surface area contributed by atoms with Crippen LogP contribution >= 0.6 is 0 Å². The minimum Gasteiger partial charge on any atom is -0.462 e. The third-order valence-electron chi connectivity index (χ3n) is 3.94. The lowest BCUT2D eigenvalue weighted by Crippen LogP contribution is -2.93. The second-order valence-corrected chi connectivity index (χ2v) is 5.68. The Morgan fingerprint density at radius 1 is 1.27 bits per heavy atom. The Bertz CT molecular complexity index is 607. The SMILES string of the molecule is CCOC(=O)c1ccc(N2C(=O)CC([NH2+]C3CC3)C2=O)cc1. The lowest BCUT2D eigenvalue weighted by atomic mass is 10.2. The second-order valence-electron chi connectivity index (χ2n) is 5.68. The first-order valence-electron chi connectivity index (χ1n) is 7.59. The van der Waals surface area contributed by atoms with E-state index in [-0.39, 0.29) is 24.3 Å². The standard InChI is InChI=1S/C16H18N2O4/c1-2-22-16(21)10-3-7-12(8-4-10)18-14(19)9-13(15(18)20)17-11-5-6-11/h3-4,7-8,11,13,17H,2,5-6,9H2,1H3/p+1. The van der Waals surface area contributed by atoms with Crippen molar-refractivity contribution in [1.82, 2.24) is 0 Å². The molecule has 1 saturated heterocycles. The first-order chi connectivity index (χ1) is 10.6. The smallest absolute Gasteiger partial charge is 0.338 e. The summed E-state index contributed by atoms with van der Waals surface area (Å²) in [5, 5.41) is 2.01. The molecule has 3 rings (SSSR count). The zero-order chi connectivity index (χ0) is 15.7. The van der Waals surface area contributed by atoms with Crippen LogP contribution in [0, 0.1) is 0 Å². The summed E-state index contributed by atoms with van der Waals surface area (Å²) in [5.74, 6) is -0.760. The lowest BCUT2D eigenvalue weighted by Gasteiger charge is -2.14. The van der Waals surface area contributed by atoms with Crippen LogP contribution in [-0.4, -0.2) is 36.5 Å². The molecule has 1 aliphatic carbocycles. The predicted molar refractivity (Wildman–Crippen MR) is 78.2 cm³/mol. The number of rotatable bonds is 5. The van der Waals surface area contributed by atoms with E-state index in [2.05, 4.69) is 0 Å². The number of amides is 2. The van der Waals surface area contributed by atoms with Gasteiger partial charge in [-0.25, -0.2) is 9.69 Å². The molecule has 6 nitrogen and oxygen atoms in total. The minimum atomic E-state index is -0.409. The zero-order valence-electron chi connectivity index (χ0n) is 12.5. The Balaban J connectivity index is 1.74. The third-order valence-corrected chi connectivity index (χ3v) is 3.94. The number of carbonyl (C=O) groups is 3. The molecule has 1 heterocycles. The van der Waals surface area contributed by atoms with Crippen molar-refractivity contribution in [3.63, 3.8) is 0 Å². The highest BCUT2D eigenvalue weighted by atomic mass is 16.5. The van der Waals surface area contributed by atoms with Gasteiger partial charge in [-0.15, -0.1) is 0 Å². The van der Waals surface area contributed by atoms with Gasteiger partial charge in [0.25, 0.3) is 5.91 Å². The van der Waals surface area contributed by atoms with Crippen LogP contribution in [0.3, 0.4) is 0 Å². The molecule has 1 aliphatic heterocycles. The van der Waals surface area contributed by atoms with Gasteiger partial charge in [0, 0.05) is 12.8 Å². The van der Waals surface area contributed by atoms with Gasteiger partial charge in [0.15, 0.2) is 6.04 Å². The number of imide groups is 1. The zero-order valence-corrected chi connectivity index (χ0v) is 12.5. The van der Waals surface area contributed by atoms with Crippen LogP contribution in [0.2, 0.25) is 0 Å². The number of ether oxygens (including phenoxy) is 1. The van der Waals surface area contributed by atoms with Crippen LogP contribution in [0.4, 0.5) is 5.69 Å². The van der Waals surface area contributed by atoms with E-state index in [9.17, 15) is 14.4 Å². The van der Waals surface area contributed by atoms with Gasteiger partial charge in [0.2, 0.25) is 5.91 Å². The van der Waals surface area contributed by atoms with Gasteiger partial charge in [0.05, 0.1) is 30.3 Å². The molecule has 116 valence electrons. The van der Waals surface area contributed by atoms with Gasteiger partial charge >= 0.3 is 5.97 Å². The Morgan fingerprint density at radius 2 is 1.95 bits per heavy atom. The van der Waals surface area contributed by atoms with E-state index in [1.165, 1.54) is 4.90 Å². The first-order valence-corrected chi connectivity index (χ1v) is 7.59. The summed E-state index contributed by atoms with van der Waals surface area (Å²) in [5.41, 5.74) is 0.917. The molecule has 0 radical (unpaired) electrons. The monoisotopic (exact) mass is 303 g/mol. The highest BCUT2D eigenvalue weighted by molar-refractivity contribution is 6.21. The summed E-state index contributed by atoms with van der Waals surface area (Å²) >= 11 is 0. The van der Waals surface area contributed by atoms with Crippen molar-refractivity contribution in [2.75, 3.05) is 11.5 Å². The number of nitrogens with zero attached hydrogens (tertiary/aromatic N) is 1. The maximum absolute atomic E-state index is 12.4. The normalized spacial score (nSPS) is 21.3. The quantitative estimate of drug-likeness (QED) is 0.623. The number of hydrogen-bond donors (Lipinski definition) is 1. The molecule has 2 N–H and O–H groups in total. The highest BCUT2D eigenvalue weighted by Gasteiger charge is 2.45. The summed E-state index contributed by atoms with van der Waals surface area (Å²) in [6.45, 7) is 2.05. The van der Waals surface area contributed by atoms with E-state index in [0.717, 1.165) is 12.8 Å². The Labute approximate surface area is 128 Å². The average Bonchev–Trinajstić information content (AvgIpc) is 3.27. The average molecular weight is 303 g/mol. The first kappa shape index (κ1) is 14.7. The number of quaternary nitrogens is 1. The Kier molecular flexibility index (Phi) is 3.94. The number of nitrogens with two attached hydrogens (primary N) is 1. The van der Waals surface area contributed by atoms with Crippen molar-refractivity contribution in [1.29, 1.82) is 0 Å². The summed E-state index contributed by atoms with van der Waals surface area (Å²) in [4.78, 5) is 37.3. The molecule has 1 saturated carbocycles. The van der Waals surface area contributed by atoms with E-state index < -0.39 is 5.97 Å². The maximum Gasteiger partial charge on any atom is 0.338 e. The molecule has 0 aromatic heterocycles. The molecule has 6 heteroatoms. The number of anilines is 1. The van der Waals surface area contributed by atoms with E-state index in [0.29, 0.717) is 23.9 Å². The van der Waals surface area contributed by atoms with E-state index in [1.807, 2.05) is 5.32 Å².